The van der Waals surface area contributed by atoms with E-state index in [9.17, 15) is 4.79 Å². The fourth-order valence-electron chi connectivity index (χ4n) is 2.19. The Kier molecular flexibility index (Phi) is 4.58. The number of carbonyl (C=O) groups is 1. The first-order valence-electron chi connectivity index (χ1n) is 6.87. The maximum Gasteiger partial charge on any atom is 0.255 e. The number of hydrogen-bond acceptors (Lipinski definition) is 3. The van der Waals surface area contributed by atoms with E-state index in [1.807, 2.05) is 44.2 Å². The summed E-state index contributed by atoms with van der Waals surface area (Å²) < 4.78 is 5.37. The summed E-state index contributed by atoms with van der Waals surface area (Å²) in [5.41, 5.74) is 2.47. The van der Waals surface area contributed by atoms with Crippen molar-refractivity contribution in [1.82, 2.24) is 9.88 Å². The molecule has 0 spiro atoms. The zero-order valence-corrected chi connectivity index (χ0v) is 12.8. The summed E-state index contributed by atoms with van der Waals surface area (Å²) in [6.07, 6.45) is 1.61. The van der Waals surface area contributed by atoms with Gasteiger partial charge in [0, 0.05) is 24.5 Å². The monoisotopic (exact) mass is 284 g/mol. The van der Waals surface area contributed by atoms with Gasteiger partial charge in [0.05, 0.1) is 18.7 Å². The van der Waals surface area contributed by atoms with Crippen LogP contribution in [-0.4, -0.2) is 29.9 Å². The molecule has 1 unspecified atom stereocenters. The third kappa shape index (κ3) is 3.21. The van der Waals surface area contributed by atoms with Crippen LogP contribution in [0.3, 0.4) is 0 Å². The van der Waals surface area contributed by atoms with Crippen molar-refractivity contribution in [3.63, 3.8) is 0 Å². The molecule has 0 bridgehead atoms. The number of hydrogen-bond donors (Lipinski definition) is 0. The van der Waals surface area contributed by atoms with Gasteiger partial charge in [-0.1, -0.05) is 18.2 Å². The molecule has 2 aromatic rings. The van der Waals surface area contributed by atoms with Crippen molar-refractivity contribution in [3.05, 3.63) is 59.4 Å². The molecule has 0 radical (unpaired) electrons. The quantitative estimate of drug-likeness (QED) is 0.865. The van der Waals surface area contributed by atoms with Crippen molar-refractivity contribution in [2.75, 3.05) is 14.2 Å². The highest BCUT2D eigenvalue weighted by molar-refractivity contribution is 5.94. The number of para-hydroxylation sites is 1. The Morgan fingerprint density at radius 3 is 2.57 bits per heavy atom. The van der Waals surface area contributed by atoms with Crippen LogP contribution in [0.15, 0.2) is 42.6 Å². The SMILES string of the molecule is COc1ccccc1C(C)N(C)C(=O)c1ccc(C)nc1. The first-order valence-corrected chi connectivity index (χ1v) is 6.87. The van der Waals surface area contributed by atoms with Gasteiger partial charge < -0.3 is 9.64 Å². The zero-order chi connectivity index (χ0) is 15.4. The molecular weight excluding hydrogens is 264 g/mol. The molecular formula is C17H20N2O2. The summed E-state index contributed by atoms with van der Waals surface area (Å²) in [4.78, 5) is 18.4. The van der Waals surface area contributed by atoms with Gasteiger partial charge in [-0.25, -0.2) is 0 Å². The lowest BCUT2D eigenvalue weighted by atomic mass is 10.1. The Bertz CT molecular complexity index is 623. The number of carbonyl (C=O) groups excluding carboxylic acids is 1. The minimum absolute atomic E-state index is 0.0547. The van der Waals surface area contributed by atoms with Gasteiger partial charge in [-0.3, -0.25) is 9.78 Å². The molecule has 0 fully saturated rings. The number of ether oxygens (including phenoxy) is 1. The third-order valence-electron chi connectivity index (χ3n) is 3.65. The maximum absolute atomic E-state index is 12.5. The largest absolute Gasteiger partial charge is 0.496 e. The lowest BCUT2D eigenvalue weighted by Crippen LogP contribution is -2.30. The molecule has 2 rings (SSSR count). The molecule has 1 atom stereocenters. The number of rotatable bonds is 4. The van der Waals surface area contributed by atoms with Gasteiger partial charge in [-0.05, 0) is 32.0 Å². The van der Waals surface area contributed by atoms with Crippen LogP contribution >= 0.6 is 0 Å². The molecule has 1 heterocycles. The average molecular weight is 284 g/mol. The van der Waals surface area contributed by atoms with Gasteiger partial charge in [-0.2, -0.15) is 0 Å². The van der Waals surface area contributed by atoms with Gasteiger partial charge in [-0.15, -0.1) is 0 Å². The maximum atomic E-state index is 12.5. The van der Waals surface area contributed by atoms with Crippen molar-refractivity contribution in [2.24, 2.45) is 0 Å². The van der Waals surface area contributed by atoms with E-state index in [4.69, 9.17) is 4.74 Å². The van der Waals surface area contributed by atoms with Gasteiger partial charge in [0.1, 0.15) is 5.75 Å². The fourth-order valence-corrected chi connectivity index (χ4v) is 2.19. The number of amides is 1. The molecule has 4 nitrogen and oxygen atoms in total. The molecule has 110 valence electrons. The van der Waals surface area contributed by atoms with E-state index in [-0.39, 0.29) is 11.9 Å². The molecule has 0 saturated carbocycles. The number of aryl methyl sites for hydroxylation is 1. The highest BCUT2D eigenvalue weighted by atomic mass is 16.5. The highest BCUT2D eigenvalue weighted by Crippen LogP contribution is 2.28. The number of aromatic nitrogens is 1. The van der Waals surface area contributed by atoms with Crippen LogP contribution in [0, 0.1) is 6.92 Å². The molecule has 0 aliphatic heterocycles. The smallest absolute Gasteiger partial charge is 0.255 e. The lowest BCUT2D eigenvalue weighted by molar-refractivity contribution is 0.0740. The first-order chi connectivity index (χ1) is 10.0. The summed E-state index contributed by atoms with van der Waals surface area (Å²) in [6.45, 7) is 3.88. The number of nitrogens with zero attached hydrogens (tertiary/aromatic N) is 2. The number of pyridine rings is 1. The Labute approximate surface area is 125 Å². The third-order valence-corrected chi connectivity index (χ3v) is 3.65. The minimum atomic E-state index is -0.0880. The molecule has 0 aliphatic rings. The van der Waals surface area contributed by atoms with Gasteiger partial charge in [0.15, 0.2) is 0 Å². The molecule has 0 aliphatic carbocycles. The van der Waals surface area contributed by atoms with Crippen LogP contribution in [0.4, 0.5) is 0 Å². The second-order valence-electron chi connectivity index (χ2n) is 5.02. The van der Waals surface area contributed by atoms with Crippen molar-refractivity contribution in [2.45, 2.75) is 19.9 Å². The summed E-state index contributed by atoms with van der Waals surface area (Å²) in [5, 5.41) is 0. The molecule has 21 heavy (non-hydrogen) atoms. The molecule has 4 heteroatoms. The van der Waals surface area contributed by atoms with Crippen LogP contribution in [0.5, 0.6) is 5.75 Å². The van der Waals surface area contributed by atoms with Crippen LogP contribution in [0.2, 0.25) is 0 Å². The summed E-state index contributed by atoms with van der Waals surface area (Å²) >= 11 is 0. The fraction of sp³-hybridized carbons (Fsp3) is 0.294. The summed E-state index contributed by atoms with van der Waals surface area (Å²) in [7, 11) is 3.43. The van der Waals surface area contributed by atoms with Crippen molar-refractivity contribution in [1.29, 1.82) is 0 Å². The molecule has 1 aromatic heterocycles. The Morgan fingerprint density at radius 2 is 1.95 bits per heavy atom. The standard InChI is InChI=1S/C17H20N2O2/c1-12-9-10-14(11-18-12)17(20)19(3)13(2)15-7-5-6-8-16(15)21-4/h5-11,13H,1-4H3. The predicted octanol–water partition coefficient (Wildman–Crippen LogP) is 3.23. The Hall–Kier alpha value is -2.36. The average Bonchev–Trinajstić information content (AvgIpc) is 2.53. The van der Waals surface area contributed by atoms with E-state index < -0.39 is 0 Å². The summed E-state index contributed by atoms with van der Waals surface area (Å²) in [5.74, 6) is 0.729. The molecule has 1 aromatic carbocycles. The predicted molar refractivity (Wildman–Crippen MR) is 82.5 cm³/mol. The van der Waals surface area contributed by atoms with E-state index >= 15 is 0 Å². The Balaban J connectivity index is 2.24. The van der Waals surface area contributed by atoms with Crippen LogP contribution in [0.1, 0.15) is 34.6 Å². The van der Waals surface area contributed by atoms with Crippen molar-refractivity contribution >= 4 is 5.91 Å². The summed E-state index contributed by atoms with van der Waals surface area (Å²) in [6, 6.07) is 11.3. The van der Waals surface area contributed by atoms with Gasteiger partial charge >= 0.3 is 0 Å². The van der Waals surface area contributed by atoms with E-state index in [0.717, 1.165) is 17.0 Å². The van der Waals surface area contributed by atoms with E-state index in [2.05, 4.69) is 4.98 Å². The molecule has 0 N–H and O–H groups in total. The highest BCUT2D eigenvalue weighted by Gasteiger charge is 2.21. The normalized spacial score (nSPS) is 11.8. The van der Waals surface area contributed by atoms with Crippen molar-refractivity contribution < 1.29 is 9.53 Å². The second-order valence-corrected chi connectivity index (χ2v) is 5.02. The zero-order valence-electron chi connectivity index (χ0n) is 12.8. The molecule has 1 amide bonds. The topological polar surface area (TPSA) is 42.4 Å². The second kappa shape index (κ2) is 6.39. The number of benzene rings is 1. The molecule has 0 saturated heterocycles. The lowest BCUT2D eigenvalue weighted by Gasteiger charge is -2.26. The van der Waals surface area contributed by atoms with Crippen molar-refractivity contribution in [3.8, 4) is 5.75 Å². The first kappa shape index (κ1) is 15.0. The minimum Gasteiger partial charge on any atom is -0.496 e. The van der Waals surface area contributed by atoms with E-state index in [1.54, 1.807) is 31.3 Å². The Morgan fingerprint density at radius 1 is 1.24 bits per heavy atom. The van der Waals surface area contributed by atoms with Gasteiger partial charge in [0.2, 0.25) is 0 Å². The van der Waals surface area contributed by atoms with Crippen LogP contribution in [-0.2, 0) is 0 Å². The van der Waals surface area contributed by atoms with E-state index in [1.165, 1.54) is 0 Å². The number of methoxy groups -OCH3 is 1. The van der Waals surface area contributed by atoms with Gasteiger partial charge in [0.25, 0.3) is 5.91 Å². The van der Waals surface area contributed by atoms with Crippen LogP contribution < -0.4 is 4.74 Å². The van der Waals surface area contributed by atoms with E-state index in [0.29, 0.717) is 5.56 Å². The van der Waals surface area contributed by atoms with Crippen LogP contribution in [0.25, 0.3) is 0 Å².